The maximum Gasteiger partial charge on any atom is 0.271 e. The summed E-state index contributed by atoms with van der Waals surface area (Å²) in [5.74, 6) is 0.374. The zero-order valence-corrected chi connectivity index (χ0v) is 15.9. The van der Waals surface area contributed by atoms with Gasteiger partial charge in [-0.3, -0.25) is 19.8 Å². The first-order chi connectivity index (χ1) is 12.9. The molecule has 2 aromatic rings. The molecule has 0 bridgehead atoms. The zero-order valence-electron chi connectivity index (χ0n) is 15.2. The summed E-state index contributed by atoms with van der Waals surface area (Å²) in [7, 11) is 0. The number of non-ortho nitro benzene ring substituents is 1. The van der Waals surface area contributed by atoms with Gasteiger partial charge in [-0.05, 0) is 49.1 Å². The molecule has 2 aromatic carbocycles. The van der Waals surface area contributed by atoms with Crippen molar-refractivity contribution in [2.45, 2.75) is 26.3 Å². The minimum absolute atomic E-state index is 0.124. The molecule has 1 saturated heterocycles. The fourth-order valence-corrected chi connectivity index (χ4v) is 3.53. The van der Waals surface area contributed by atoms with Crippen LogP contribution in [0.5, 0.6) is 0 Å². The number of amides is 1. The third-order valence-corrected chi connectivity index (χ3v) is 5.10. The summed E-state index contributed by atoms with van der Waals surface area (Å²) in [6.07, 6.45) is 2.52. The molecule has 0 aromatic heterocycles. The average molecular weight is 388 g/mol. The molecule has 0 unspecified atom stereocenters. The molecule has 1 N–H and O–H groups in total. The number of nitro benzene ring substituents is 1. The van der Waals surface area contributed by atoms with Gasteiger partial charge in [-0.2, -0.15) is 0 Å². The predicted molar refractivity (Wildman–Crippen MR) is 106 cm³/mol. The number of benzene rings is 2. The summed E-state index contributed by atoms with van der Waals surface area (Å²) in [4.78, 5) is 25.2. The van der Waals surface area contributed by atoms with Gasteiger partial charge in [0.1, 0.15) is 0 Å². The number of nitro groups is 1. The van der Waals surface area contributed by atoms with Gasteiger partial charge in [0.05, 0.1) is 15.6 Å². The van der Waals surface area contributed by atoms with Gasteiger partial charge in [0.25, 0.3) is 11.6 Å². The lowest BCUT2D eigenvalue weighted by Crippen LogP contribution is -2.33. The van der Waals surface area contributed by atoms with Gasteiger partial charge >= 0.3 is 0 Å². The first-order valence-corrected chi connectivity index (χ1v) is 9.37. The summed E-state index contributed by atoms with van der Waals surface area (Å²) in [5.41, 5.74) is 1.74. The average Bonchev–Trinajstić information content (AvgIpc) is 2.64. The van der Waals surface area contributed by atoms with E-state index in [0.717, 1.165) is 31.1 Å². The van der Waals surface area contributed by atoms with E-state index in [-0.39, 0.29) is 22.3 Å². The Balaban J connectivity index is 1.65. The maximum absolute atomic E-state index is 12.4. The van der Waals surface area contributed by atoms with Gasteiger partial charge in [-0.15, -0.1) is 0 Å². The van der Waals surface area contributed by atoms with Crippen LogP contribution in [0.1, 0.15) is 35.7 Å². The number of carbonyl (C=O) groups is 1. The van der Waals surface area contributed by atoms with E-state index in [1.54, 1.807) is 12.1 Å². The van der Waals surface area contributed by atoms with E-state index in [1.165, 1.54) is 31.0 Å². The number of halogens is 1. The van der Waals surface area contributed by atoms with Crippen LogP contribution in [0.3, 0.4) is 0 Å². The Morgan fingerprint density at radius 1 is 1.30 bits per heavy atom. The summed E-state index contributed by atoms with van der Waals surface area (Å²) in [6.45, 7) is 5.37. The molecule has 1 fully saturated rings. The normalized spacial score (nSPS) is 17.5. The molecule has 7 heteroatoms. The van der Waals surface area contributed by atoms with Crippen LogP contribution in [0.4, 0.5) is 11.4 Å². The first kappa shape index (κ1) is 19.3. The first-order valence-electron chi connectivity index (χ1n) is 8.99. The number of likely N-dealkylation sites (tertiary alicyclic amines) is 1. The molecule has 0 spiro atoms. The lowest BCUT2D eigenvalue weighted by Gasteiger charge is -2.30. The Morgan fingerprint density at radius 3 is 2.70 bits per heavy atom. The molecule has 1 aliphatic rings. The van der Waals surface area contributed by atoms with E-state index in [0.29, 0.717) is 5.56 Å². The van der Waals surface area contributed by atoms with E-state index in [2.05, 4.69) is 17.1 Å². The number of hydrogen-bond acceptors (Lipinski definition) is 4. The number of anilines is 1. The van der Waals surface area contributed by atoms with Gasteiger partial charge in [0, 0.05) is 30.8 Å². The number of nitrogens with zero attached hydrogens (tertiary/aromatic N) is 2. The quantitative estimate of drug-likeness (QED) is 0.594. The number of rotatable bonds is 5. The van der Waals surface area contributed by atoms with Gasteiger partial charge < -0.3 is 5.32 Å². The Kier molecular flexibility index (Phi) is 6.08. The van der Waals surface area contributed by atoms with Crippen molar-refractivity contribution in [2.24, 2.45) is 5.92 Å². The molecule has 27 heavy (non-hydrogen) atoms. The van der Waals surface area contributed by atoms with E-state index in [1.807, 2.05) is 12.1 Å². The third-order valence-electron chi connectivity index (χ3n) is 4.77. The SMILES string of the molecule is C[C@H]1CCCN(Cc2ccc(C(=O)Nc3cc([N+](=O)[O-])ccc3Cl)cc2)C1. The molecule has 1 heterocycles. The number of carbonyl (C=O) groups excluding carboxylic acids is 1. The standard InChI is InChI=1S/C20H22ClN3O3/c1-14-3-2-10-23(12-14)13-15-4-6-16(7-5-15)20(25)22-19-11-17(24(26)27)8-9-18(19)21/h4-9,11,14H,2-3,10,12-13H2,1H3,(H,22,25)/t14-/m0/s1. The second-order valence-electron chi connectivity index (χ2n) is 7.05. The van der Waals surface area contributed by atoms with E-state index in [4.69, 9.17) is 11.6 Å². The maximum atomic E-state index is 12.4. The lowest BCUT2D eigenvalue weighted by atomic mass is 9.99. The summed E-state index contributed by atoms with van der Waals surface area (Å²) in [5, 5.41) is 13.8. The Bertz CT molecular complexity index is 839. The fourth-order valence-electron chi connectivity index (χ4n) is 3.37. The topological polar surface area (TPSA) is 75.5 Å². The Morgan fingerprint density at radius 2 is 2.04 bits per heavy atom. The van der Waals surface area contributed by atoms with Crippen molar-refractivity contribution in [1.82, 2.24) is 4.90 Å². The van der Waals surface area contributed by atoms with Gasteiger partial charge in [0.15, 0.2) is 0 Å². The monoisotopic (exact) mass is 387 g/mol. The molecule has 6 nitrogen and oxygen atoms in total. The number of nitrogens with one attached hydrogen (secondary N) is 1. The van der Waals surface area contributed by atoms with Crippen molar-refractivity contribution in [2.75, 3.05) is 18.4 Å². The highest BCUT2D eigenvalue weighted by atomic mass is 35.5. The van der Waals surface area contributed by atoms with Gasteiger partial charge in [-0.25, -0.2) is 0 Å². The van der Waals surface area contributed by atoms with Crippen LogP contribution in [0.15, 0.2) is 42.5 Å². The largest absolute Gasteiger partial charge is 0.320 e. The minimum atomic E-state index is -0.526. The molecule has 1 atom stereocenters. The van der Waals surface area contributed by atoms with Crippen molar-refractivity contribution in [3.05, 3.63) is 68.7 Å². The second-order valence-corrected chi connectivity index (χ2v) is 7.46. The molecule has 142 valence electrons. The molecule has 3 rings (SSSR count). The third kappa shape index (κ3) is 5.05. The van der Waals surface area contributed by atoms with Crippen LogP contribution in [-0.2, 0) is 6.54 Å². The highest BCUT2D eigenvalue weighted by molar-refractivity contribution is 6.34. The molecule has 0 aliphatic carbocycles. The molecule has 0 saturated carbocycles. The van der Waals surface area contributed by atoms with Crippen LogP contribution >= 0.6 is 11.6 Å². The Labute approximate surface area is 163 Å². The van der Waals surface area contributed by atoms with Crippen LogP contribution in [0.25, 0.3) is 0 Å². The molecule has 1 aliphatic heterocycles. The summed E-state index contributed by atoms with van der Waals surface area (Å²) >= 11 is 6.04. The van der Waals surface area contributed by atoms with Gasteiger partial charge in [0.2, 0.25) is 0 Å². The van der Waals surface area contributed by atoms with E-state index < -0.39 is 4.92 Å². The predicted octanol–water partition coefficient (Wildman–Crippen LogP) is 4.73. The fraction of sp³-hybridized carbons (Fsp3) is 0.350. The zero-order chi connectivity index (χ0) is 19.4. The second kappa shape index (κ2) is 8.50. The van der Waals surface area contributed by atoms with E-state index in [9.17, 15) is 14.9 Å². The number of piperidine rings is 1. The summed E-state index contributed by atoms with van der Waals surface area (Å²) in [6, 6.07) is 11.4. The van der Waals surface area contributed by atoms with Gasteiger partial charge in [-0.1, -0.05) is 30.7 Å². The highest BCUT2D eigenvalue weighted by Crippen LogP contribution is 2.27. The van der Waals surface area contributed by atoms with Crippen LogP contribution < -0.4 is 5.32 Å². The molecular formula is C20H22ClN3O3. The molecule has 0 radical (unpaired) electrons. The highest BCUT2D eigenvalue weighted by Gasteiger charge is 2.17. The van der Waals surface area contributed by atoms with Crippen molar-refractivity contribution in [3.63, 3.8) is 0 Å². The van der Waals surface area contributed by atoms with Crippen molar-refractivity contribution in [3.8, 4) is 0 Å². The minimum Gasteiger partial charge on any atom is -0.320 e. The molecule has 1 amide bonds. The number of hydrogen-bond donors (Lipinski definition) is 1. The van der Waals surface area contributed by atoms with E-state index >= 15 is 0 Å². The smallest absolute Gasteiger partial charge is 0.271 e. The molecular weight excluding hydrogens is 366 g/mol. The van der Waals surface area contributed by atoms with Crippen molar-refractivity contribution >= 4 is 28.9 Å². The van der Waals surface area contributed by atoms with Crippen LogP contribution in [0.2, 0.25) is 5.02 Å². The van der Waals surface area contributed by atoms with Crippen LogP contribution in [0, 0.1) is 16.0 Å². The van der Waals surface area contributed by atoms with Crippen molar-refractivity contribution in [1.29, 1.82) is 0 Å². The van der Waals surface area contributed by atoms with Crippen LogP contribution in [-0.4, -0.2) is 28.8 Å². The summed E-state index contributed by atoms with van der Waals surface area (Å²) < 4.78 is 0. The lowest BCUT2D eigenvalue weighted by molar-refractivity contribution is -0.384. The Hall–Kier alpha value is -2.44. The van der Waals surface area contributed by atoms with Crippen molar-refractivity contribution < 1.29 is 9.72 Å².